The van der Waals surface area contributed by atoms with Crippen molar-refractivity contribution >= 4 is 5.78 Å². The summed E-state index contributed by atoms with van der Waals surface area (Å²) < 4.78 is 0. The standard InChI is InChI=1S/C19H32O2/c1-13(8-9-14(2)18(3,4)21)15-10-11-16-17(20)7-6-12-19(15,16)5/h8-9,13-16,21H,6-7,10-12H2,1-5H3/t13?,14?,15?,16?,19-/m1/s1. The molecule has 0 aromatic heterocycles. The van der Waals surface area contributed by atoms with Gasteiger partial charge in [0, 0.05) is 18.3 Å². The zero-order valence-corrected chi connectivity index (χ0v) is 14.4. The molecule has 0 amide bonds. The molecule has 120 valence electrons. The van der Waals surface area contributed by atoms with Crippen LogP contribution in [0.1, 0.15) is 66.7 Å². The molecule has 2 aliphatic carbocycles. The van der Waals surface area contributed by atoms with Crippen LogP contribution in [0.15, 0.2) is 12.2 Å². The fourth-order valence-electron chi connectivity index (χ4n) is 4.55. The molecule has 0 aromatic rings. The predicted molar refractivity (Wildman–Crippen MR) is 86.9 cm³/mol. The minimum Gasteiger partial charge on any atom is -0.390 e. The van der Waals surface area contributed by atoms with Crippen LogP contribution < -0.4 is 0 Å². The second kappa shape index (κ2) is 5.87. The van der Waals surface area contributed by atoms with E-state index in [1.807, 2.05) is 13.8 Å². The van der Waals surface area contributed by atoms with Crippen molar-refractivity contribution in [1.29, 1.82) is 0 Å². The molecule has 0 aliphatic heterocycles. The molecule has 4 unspecified atom stereocenters. The van der Waals surface area contributed by atoms with Gasteiger partial charge in [-0.05, 0) is 56.8 Å². The zero-order valence-electron chi connectivity index (χ0n) is 14.4. The van der Waals surface area contributed by atoms with E-state index in [1.165, 1.54) is 12.8 Å². The third-order valence-corrected chi connectivity index (χ3v) is 6.39. The highest BCUT2D eigenvalue weighted by atomic mass is 16.3. The Kier molecular flexibility index (Phi) is 4.68. The van der Waals surface area contributed by atoms with Crippen LogP contribution in [0.3, 0.4) is 0 Å². The number of fused-ring (bicyclic) bond motifs is 1. The number of rotatable bonds is 4. The first-order valence-electron chi connectivity index (χ1n) is 8.59. The number of aliphatic hydroxyl groups is 1. The summed E-state index contributed by atoms with van der Waals surface area (Å²) in [7, 11) is 0. The van der Waals surface area contributed by atoms with Gasteiger partial charge in [0.15, 0.2) is 0 Å². The quantitative estimate of drug-likeness (QED) is 0.781. The number of ketones is 1. The smallest absolute Gasteiger partial charge is 0.136 e. The SMILES string of the molecule is CC(C=CC(C)C(C)(C)O)C1CCC2C(=O)CCC[C@@]21C. The fraction of sp³-hybridized carbons (Fsp3) is 0.842. The maximum absolute atomic E-state index is 12.2. The van der Waals surface area contributed by atoms with Gasteiger partial charge in [0.25, 0.3) is 0 Å². The van der Waals surface area contributed by atoms with Crippen LogP contribution >= 0.6 is 0 Å². The van der Waals surface area contributed by atoms with E-state index in [2.05, 4.69) is 32.9 Å². The number of carbonyl (C=O) groups is 1. The summed E-state index contributed by atoms with van der Waals surface area (Å²) in [5, 5.41) is 10.0. The number of carbonyl (C=O) groups excluding carboxylic acids is 1. The molecule has 0 saturated heterocycles. The van der Waals surface area contributed by atoms with Gasteiger partial charge in [0.1, 0.15) is 5.78 Å². The second-order valence-corrected chi connectivity index (χ2v) is 8.25. The molecule has 1 N–H and O–H groups in total. The van der Waals surface area contributed by atoms with Crippen LogP contribution in [0.2, 0.25) is 0 Å². The minimum absolute atomic E-state index is 0.151. The van der Waals surface area contributed by atoms with E-state index in [9.17, 15) is 9.90 Å². The Hall–Kier alpha value is -0.630. The average Bonchev–Trinajstić information content (AvgIpc) is 2.73. The molecule has 0 bridgehead atoms. The van der Waals surface area contributed by atoms with Crippen LogP contribution in [0.4, 0.5) is 0 Å². The van der Waals surface area contributed by atoms with E-state index in [-0.39, 0.29) is 11.3 Å². The summed E-state index contributed by atoms with van der Waals surface area (Å²) in [5.74, 6) is 2.05. The van der Waals surface area contributed by atoms with Gasteiger partial charge in [-0.3, -0.25) is 4.79 Å². The molecular weight excluding hydrogens is 260 g/mol. The monoisotopic (exact) mass is 292 g/mol. The highest BCUT2D eigenvalue weighted by Gasteiger charge is 2.51. The Balaban J connectivity index is 2.08. The van der Waals surface area contributed by atoms with Crippen molar-refractivity contribution in [3.05, 3.63) is 12.2 Å². The molecule has 2 saturated carbocycles. The average molecular weight is 292 g/mol. The van der Waals surface area contributed by atoms with Crippen LogP contribution in [0.5, 0.6) is 0 Å². The Morgan fingerprint density at radius 1 is 1.29 bits per heavy atom. The van der Waals surface area contributed by atoms with E-state index >= 15 is 0 Å². The maximum atomic E-state index is 12.2. The first-order chi connectivity index (χ1) is 9.66. The summed E-state index contributed by atoms with van der Waals surface area (Å²) in [6.45, 7) is 10.4. The summed E-state index contributed by atoms with van der Waals surface area (Å²) >= 11 is 0. The first kappa shape index (κ1) is 16.7. The lowest BCUT2D eigenvalue weighted by Gasteiger charge is -2.41. The van der Waals surface area contributed by atoms with Crippen molar-refractivity contribution in [2.75, 3.05) is 0 Å². The highest BCUT2D eigenvalue weighted by Crippen LogP contribution is 2.56. The van der Waals surface area contributed by atoms with Gasteiger partial charge in [-0.15, -0.1) is 0 Å². The van der Waals surface area contributed by atoms with Gasteiger partial charge in [0.05, 0.1) is 5.60 Å². The number of hydrogen-bond donors (Lipinski definition) is 1. The van der Waals surface area contributed by atoms with Crippen molar-refractivity contribution in [2.45, 2.75) is 72.3 Å². The van der Waals surface area contributed by atoms with Gasteiger partial charge < -0.3 is 5.11 Å². The summed E-state index contributed by atoms with van der Waals surface area (Å²) in [4.78, 5) is 12.2. The number of allylic oxidation sites excluding steroid dienone is 1. The summed E-state index contributed by atoms with van der Waals surface area (Å²) in [6, 6.07) is 0. The minimum atomic E-state index is -0.668. The molecule has 2 rings (SSSR count). The van der Waals surface area contributed by atoms with Crippen LogP contribution in [0, 0.1) is 29.1 Å². The van der Waals surface area contributed by atoms with Crippen LogP contribution in [0.25, 0.3) is 0 Å². The Labute approximate surface area is 130 Å². The normalized spacial score (nSPS) is 36.8. The lowest BCUT2D eigenvalue weighted by atomic mass is 9.62. The molecule has 5 atom stereocenters. The lowest BCUT2D eigenvalue weighted by Crippen LogP contribution is -2.39. The lowest BCUT2D eigenvalue weighted by molar-refractivity contribution is -0.129. The van der Waals surface area contributed by atoms with Crippen molar-refractivity contribution in [2.24, 2.45) is 29.1 Å². The van der Waals surface area contributed by atoms with Gasteiger partial charge >= 0.3 is 0 Å². The van der Waals surface area contributed by atoms with Gasteiger partial charge in [0.2, 0.25) is 0 Å². The van der Waals surface area contributed by atoms with Crippen LogP contribution in [-0.4, -0.2) is 16.5 Å². The van der Waals surface area contributed by atoms with Gasteiger partial charge in [-0.1, -0.05) is 32.9 Å². The molecule has 21 heavy (non-hydrogen) atoms. The first-order valence-corrected chi connectivity index (χ1v) is 8.59. The van der Waals surface area contributed by atoms with E-state index < -0.39 is 5.60 Å². The molecule has 0 heterocycles. The molecular formula is C19H32O2. The fourth-order valence-corrected chi connectivity index (χ4v) is 4.55. The zero-order chi connectivity index (χ0) is 15.8. The Morgan fingerprint density at radius 3 is 2.57 bits per heavy atom. The summed E-state index contributed by atoms with van der Waals surface area (Å²) in [6.07, 6.45) is 9.76. The van der Waals surface area contributed by atoms with Crippen molar-refractivity contribution in [3.8, 4) is 0 Å². The third kappa shape index (κ3) is 3.26. The predicted octanol–water partition coefficient (Wildman–Crippen LogP) is 4.37. The molecule has 2 fully saturated rings. The number of hydrogen-bond acceptors (Lipinski definition) is 2. The van der Waals surface area contributed by atoms with Crippen molar-refractivity contribution < 1.29 is 9.90 Å². The molecule has 2 heteroatoms. The van der Waals surface area contributed by atoms with Crippen LogP contribution in [-0.2, 0) is 4.79 Å². The highest BCUT2D eigenvalue weighted by molar-refractivity contribution is 5.83. The number of Topliss-reactive ketones (excluding diaryl/α,β-unsaturated/α-hetero) is 1. The van der Waals surface area contributed by atoms with Gasteiger partial charge in [-0.2, -0.15) is 0 Å². The van der Waals surface area contributed by atoms with E-state index in [0.29, 0.717) is 23.5 Å². The molecule has 0 radical (unpaired) electrons. The van der Waals surface area contributed by atoms with Crippen molar-refractivity contribution in [1.82, 2.24) is 0 Å². The molecule has 0 spiro atoms. The molecule has 2 aliphatic rings. The van der Waals surface area contributed by atoms with Crippen molar-refractivity contribution in [3.63, 3.8) is 0 Å². The molecule has 0 aromatic carbocycles. The Morgan fingerprint density at radius 2 is 1.95 bits per heavy atom. The van der Waals surface area contributed by atoms with E-state index in [4.69, 9.17) is 0 Å². The Bertz CT molecular complexity index is 418. The molecule has 2 nitrogen and oxygen atoms in total. The van der Waals surface area contributed by atoms with E-state index in [0.717, 1.165) is 19.3 Å². The maximum Gasteiger partial charge on any atom is 0.136 e. The van der Waals surface area contributed by atoms with Gasteiger partial charge in [-0.25, -0.2) is 0 Å². The van der Waals surface area contributed by atoms with E-state index in [1.54, 1.807) is 0 Å². The second-order valence-electron chi connectivity index (χ2n) is 8.25. The third-order valence-electron chi connectivity index (χ3n) is 6.39. The summed E-state index contributed by atoms with van der Waals surface area (Å²) in [5.41, 5.74) is -0.462. The topological polar surface area (TPSA) is 37.3 Å². The largest absolute Gasteiger partial charge is 0.390 e.